The summed E-state index contributed by atoms with van der Waals surface area (Å²) >= 11 is 0. The number of aromatic amines is 1. The summed E-state index contributed by atoms with van der Waals surface area (Å²) < 4.78 is 4.79. The van der Waals surface area contributed by atoms with Gasteiger partial charge in [-0.1, -0.05) is 18.2 Å². The molecule has 2 aromatic rings. The molecule has 3 rings (SSSR count). The lowest BCUT2D eigenvalue weighted by atomic mass is 10.1. The van der Waals surface area contributed by atoms with E-state index in [0.717, 1.165) is 30.2 Å². The molecule has 1 aliphatic rings. The molecular weight excluding hydrogens is 294 g/mol. The Bertz CT molecular complexity index is 677. The number of benzene rings is 1. The van der Waals surface area contributed by atoms with Gasteiger partial charge in [0.15, 0.2) is 0 Å². The van der Waals surface area contributed by atoms with Crippen LogP contribution in [0, 0.1) is 0 Å². The molecule has 0 spiro atoms. The fraction of sp³-hybridized carbons (Fsp3) is 0.412. The first-order chi connectivity index (χ1) is 11.2. The molecule has 1 aromatic heterocycles. The molecule has 1 atom stereocenters. The lowest BCUT2D eigenvalue weighted by Gasteiger charge is -2.23. The van der Waals surface area contributed by atoms with Crippen molar-refractivity contribution in [2.45, 2.75) is 25.3 Å². The van der Waals surface area contributed by atoms with Crippen LogP contribution in [0.2, 0.25) is 0 Å². The molecule has 0 unspecified atom stereocenters. The summed E-state index contributed by atoms with van der Waals surface area (Å²) in [6, 6.07) is 9.57. The molecule has 1 aromatic carbocycles. The Labute approximate surface area is 134 Å². The second kappa shape index (κ2) is 6.73. The van der Waals surface area contributed by atoms with Crippen molar-refractivity contribution in [3.8, 4) is 0 Å². The molecule has 0 aliphatic carbocycles. The molecule has 122 valence electrons. The third-order valence-corrected chi connectivity index (χ3v) is 4.21. The fourth-order valence-electron chi connectivity index (χ4n) is 3.01. The van der Waals surface area contributed by atoms with Crippen LogP contribution in [0.25, 0.3) is 10.9 Å². The first-order valence-electron chi connectivity index (χ1n) is 7.89. The Hall–Kier alpha value is -2.50. The van der Waals surface area contributed by atoms with Crippen molar-refractivity contribution in [2.24, 2.45) is 0 Å². The van der Waals surface area contributed by atoms with Gasteiger partial charge in [-0.2, -0.15) is 0 Å². The van der Waals surface area contributed by atoms with Gasteiger partial charge in [-0.15, -0.1) is 0 Å². The van der Waals surface area contributed by atoms with Crippen LogP contribution >= 0.6 is 0 Å². The minimum Gasteiger partial charge on any atom is -0.453 e. The predicted molar refractivity (Wildman–Crippen MR) is 87.4 cm³/mol. The molecule has 6 heteroatoms. The van der Waals surface area contributed by atoms with Crippen LogP contribution in [0.4, 0.5) is 4.79 Å². The van der Waals surface area contributed by atoms with Crippen molar-refractivity contribution in [3.05, 3.63) is 36.0 Å². The van der Waals surface area contributed by atoms with Gasteiger partial charge in [-0.25, -0.2) is 4.79 Å². The van der Waals surface area contributed by atoms with E-state index in [2.05, 4.69) is 10.3 Å². The number of fused-ring (bicyclic) bond motifs is 1. The first-order valence-corrected chi connectivity index (χ1v) is 7.89. The second-order valence-corrected chi connectivity index (χ2v) is 5.85. The number of ether oxygens (including phenoxy) is 1. The van der Waals surface area contributed by atoms with Crippen molar-refractivity contribution in [2.75, 3.05) is 20.2 Å². The zero-order valence-corrected chi connectivity index (χ0v) is 13.2. The van der Waals surface area contributed by atoms with Crippen LogP contribution in [0.3, 0.4) is 0 Å². The molecule has 1 fully saturated rings. The summed E-state index contributed by atoms with van der Waals surface area (Å²) in [7, 11) is 1.38. The normalized spacial score (nSPS) is 18.5. The maximum absolute atomic E-state index is 12.5. The van der Waals surface area contributed by atoms with E-state index >= 15 is 0 Å². The van der Waals surface area contributed by atoms with Crippen LogP contribution in [0.5, 0.6) is 0 Å². The molecule has 1 saturated heterocycles. The highest BCUT2D eigenvalue weighted by atomic mass is 16.5. The largest absolute Gasteiger partial charge is 0.453 e. The highest BCUT2D eigenvalue weighted by Crippen LogP contribution is 2.16. The number of nitrogens with one attached hydrogen (secondary N) is 2. The van der Waals surface area contributed by atoms with Crippen LogP contribution in [0.1, 0.15) is 29.8 Å². The highest BCUT2D eigenvalue weighted by Gasteiger charge is 2.24. The number of rotatable bonds is 2. The van der Waals surface area contributed by atoms with E-state index in [1.807, 2.05) is 30.3 Å². The van der Waals surface area contributed by atoms with Crippen molar-refractivity contribution in [1.82, 2.24) is 15.2 Å². The minimum atomic E-state index is -0.336. The maximum atomic E-state index is 12.5. The number of aromatic nitrogens is 1. The third kappa shape index (κ3) is 3.47. The van der Waals surface area contributed by atoms with Gasteiger partial charge in [0.1, 0.15) is 5.69 Å². The molecule has 2 N–H and O–H groups in total. The standard InChI is InChI=1S/C17H21N3O3/c1-23-17(22)20-9-5-4-7-13(11-20)18-16(21)15-10-12-6-2-3-8-14(12)19-15/h2-3,6,8,10,13,19H,4-5,7,9,11H2,1H3,(H,18,21)/t13-/m1/s1. The SMILES string of the molecule is COC(=O)N1CCCC[C@@H](NC(=O)c2cc3ccccc3[nH]2)C1. The van der Waals surface area contributed by atoms with Crippen LogP contribution < -0.4 is 5.32 Å². The van der Waals surface area contributed by atoms with Crippen LogP contribution in [-0.2, 0) is 4.74 Å². The Balaban J connectivity index is 1.69. The Morgan fingerprint density at radius 2 is 2.13 bits per heavy atom. The van der Waals surface area contributed by atoms with E-state index < -0.39 is 0 Å². The second-order valence-electron chi connectivity index (χ2n) is 5.85. The van der Waals surface area contributed by atoms with Gasteiger partial charge < -0.3 is 19.9 Å². The number of hydrogen-bond donors (Lipinski definition) is 2. The molecule has 1 aliphatic heterocycles. The van der Waals surface area contributed by atoms with E-state index in [9.17, 15) is 9.59 Å². The van der Waals surface area contributed by atoms with Gasteiger partial charge in [0.05, 0.1) is 7.11 Å². The number of amides is 2. The molecule has 0 bridgehead atoms. The number of carbonyl (C=O) groups is 2. The highest BCUT2D eigenvalue weighted by molar-refractivity contribution is 5.98. The molecule has 2 amide bonds. The average Bonchev–Trinajstić information content (AvgIpc) is 2.87. The summed E-state index contributed by atoms with van der Waals surface area (Å²) in [4.78, 5) is 29.0. The number of hydrogen-bond acceptors (Lipinski definition) is 3. The van der Waals surface area contributed by atoms with Gasteiger partial charge in [0, 0.05) is 30.0 Å². The van der Waals surface area contributed by atoms with Crippen molar-refractivity contribution < 1.29 is 14.3 Å². The first kappa shape index (κ1) is 15.4. The molecule has 0 saturated carbocycles. The van der Waals surface area contributed by atoms with E-state index in [0.29, 0.717) is 18.8 Å². The van der Waals surface area contributed by atoms with E-state index in [1.54, 1.807) is 4.90 Å². The van der Waals surface area contributed by atoms with E-state index in [-0.39, 0.29) is 18.0 Å². The van der Waals surface area contributed by atoms with Crippen LogP contribution in [-0.4, -0.2) is 48.1 Å². The van der Waals surface area contributed by atoms with Gasteiger partial charge in [-0.05, 0) is 31.4 Å². The van der Waals surface area contributed by atoms with Crippen molar-refractivity contribution >= 4 is 22.9 Å². The summed E-state index contributed by atoms with van der Waals surface area (Å²) in [5.41, 5.74) is 1.48. The lowest BCUT2D eigenvalue weighted by molar-refractivity contribution is 0.0909. The summed E-state index contributed by atoms with van der Waals surface area (Å²) in [5.74, 6) is -0.141. The number of methoxy groups -OCH3 is 1. The number of likely N-dealkylation sites (tertiary alicyclic amines) is 1. The number of nitrogens with zero attached hydrogens (tertiary/aromatic N) is 1. The summed E-state index contributed by atoms with van der Waals surface area (Å²) in [5, 5.41) is 4.03. The quantitative estimate of drug-likeness (QED) is 0.894. The third-order valence-electron chi connectivity index (χ3n) is 4.21. The average molecular weight is 315 g/mol. The molecular formula is C17H21N3O3. The molecule has 0 radical (unpaired) electrons. The van der Waals surface area contributed by atoms with Gasteiger partial charge >= 0.3 is 6.09 Å². The maximum Gasteiger partial charge on any atom is 0.409 e. The number of carbonyl (C=O) groups excluding carboxylic acids is 2. The number of para-hydroxylation sites is 1. The Morgan fingerprint density at radius 3 is 2.91 bits per heavy atom. The lowest BCUT2D eigenvalue weighted by Crippen LogP contribution is -2.44. The van der Waals surface area contributed by atoms with E-state index in [4.69, 9.17) is 4.74 Å². The van der Waals surface area contributed by atoms with Gasteiger partial charge in [-0.3, -0.25) is 4.79 Å². The minimum absolute atomic E-state index is 0.0597. The van der Waals surface area contributed by atoms with E-state index in [1.165, 1.54) is 7.11 Å². The zero-order valence-electron chi connectivity index (χ0n) is 13.2. The monoisotopic (exact) mass is 315 g/mol. The fourth-order valence-corrected chi connectivity index (χ4v) is 3.01. The Morgan fingerprint density at radius 1 is 1.30 bits per heavy atom. The Kier molecular flexibility index (Phi) is 4.50. The zero-order chi connectivity index (χ0) is 16.2. The van der Waals surface area contributed by atoms with Crippen LogP contribution in [0.15, 0.2) is 30.3 Å². The molecule has 6 nitrogen and oxygen atoms in total. The summed E-state index contributed by atoms with van der Waals surface area (Å²) in [6.07, 6.45) is 2.43. The van der Waals surface area contributed by atoms with Crippen molar-refractivity contribution in [3.63, 3.8) is 0 Å². The van der Waals surface area contributed by atoms with Gasteiger partial charge in [0.2, 0.25) is 0 Å². The smallest absolute Gasteiger partial charge is 0.409 e. The predicted octanol–water partition coefficient (Wildman–Crippen LogP) is 2.52. The number of H-pyrrole nitrogens is 1. The van der Waals surface area contributed by atoms with Gasteiger partial charge in [0.25, 0.3) is 5.91 Å². The topological polar surface area (TPSA) is 74.4 Å². The molecule has 2 heterocycles. The summed E-state index contributed by atoms with van der Waals surface area (Å²) in [6.45, 7) is 1.16. The molecule has 23 heavy (non-hydrogen) atoms. The van der Waals surface area contributed by atoms with Crippen molar-refractivity contribution in [1.29, 1.82) is 0 Å².